The fourth-order valence-corrected chi connectivity index (χ4v) is 12.5. The summed E-state index contributed by atoms with van der Waals surface area (Å²) in [4.78, 5) is 0. The Morgan fingerprint density at radius 1 is 0.689 bits per heavy atom. The van der Waals surface area contributed by atoms with Gasteiger partial charge in [-0.3, -0.25) is 0 Å². The van der Waals surface area contributed by atoms with Crippen LogP contribution in [-0.2, 0) is 17.5 Å². The molecule has 0 radical (unpaired) electrons. The number of pyridine rings is 1. The van der Waals surface area contributed by atoms with E-state index >= 15 is 0 Å². The largest absolute Gasteiger partial charge is 0.455 e. The van der Waals surface area contributed by atoms with Crippen LogP contribution in [0.15, 0.2) is 144 Å². The van der Waals surface area contributed by atoms with E-state index in [2.05, 4.69) is 221 Å². The Morgan fingerprint density at radius 3 is 2.18 bits per heavy atom. The molecule has 1 unspecified atom stereocenters. The fraction of sp³-hybridized carbons (Fsp3) is 0.250. The smallest absolute Gasteiger partial charge is 0.364 e. The average Bonchev–Trinajstić information content (AvgIpc) is 3.92. The molecule has 0 saturated carbocycles. The normalized spacial score (nSPS) is 15.8. The molecule has 302 valence electrons. The predicted octanol–water partition coefficient (Wildman–Crippen LogP) is 12.8. The lowest BCUT2D eigenvalue weighted by atomic mass is 9.83. The van der Waals surface area contributed by atoms with Crippen LogP contribution in [0.5, 0.6) is 0 Å². The molecule has 5 heterocycles. The van der Waals surface area contributed by atoms with Crippen LogP contribution in [0.1, 0.15) is 69.4 Å². The Hall–Kier alpha value is -6.04. The van der Waals surface area contributed by atoms with Crippen LogP contribution in [0.25, 0.3) is 72.4 Å². The van der Waals surface area contributed by atoms with Gasteiger partial charge in [0.2, 0.25) is 5.69 Å². The SMILES string of the molecule is Cc1ccc2c(c1)C1(c3ccc4c(oc5ccccc54)c3-c3n(-c4c(-c5ccccc5)cccc4C(C)(C)C)c4ccccc4[n+]31)[n+]1cc([Si](C)(C)C)c(CC(C)(C)C)cc1-2. The molecule has 4 nitrogen and oxygen atoms in total. The van der Waals surface area contributed by atoms with E-state index in [0.29, 0.717) is 0 Å². The molecule has 61 heavy (non-hydrogen) atoms. The number of rotatable bonds is 4. The zero-order valence-corrected chi connectivity index (χ0v) is 38.2. The quantitative estimate of drug-likeness (QED) is 0.128. The molecule has 5 heteroatoms. The summed E-state index contributed by atoms with van der Waals surface area (Å²) >= 11 is 0. The van der Waals surface area contributed by atoms with Gasteiger partial charge in [-0.15, -0.1) is 9.13 Å². The summed E-state index contributed by atoms with van der Waals surface area (Å²) in [5.74, 6) is 1.14. The van der Waals surface area contributed by atoms with Crippen molar-refractivity contribution < 1.29 is 13.6 Å². The second kappa shape index (κ2) is 12.7. The molecule has 0 aliphatic carbocycles. The van der Waals surface area contributed by atoms with E-state index < -0.39 is 13.7 Å². The van der Waals surface area contributed by atoms with Gasteiger partial charge in [0, 0.05) is 33.2 Å². The number of imidazole rings is 1. The maximum absolute atomic E-state index is 7.18. The van der Waals surface area contributed by atoms with Crippen molar-refractivity contribution in [3.05, 3.63) is 167 Å². The molecule has 0 amide bonds. The van der Waals surface area contributed by atoms with Crippen molar-refractivity contribution >= 4 is 46.2 Å². The van der Waals surface area contributed by atoms with Gasteiger partial charge in [0.1, 0.15) is 16.8 Å². The maximum atomic E-state index is 7.18. The molecule has 11 rings (SSSR count). The first kappa shape index (κ1) is 37.9. The molecule has 6 aromatic carbocycles. The number of benzene rings is 6. The van der Waals surface area contributed by atoms with E-state index in [-0.39, 0.29) is 10.8 Å². The minimum Gasteiger partial charge on any atom is -0.455 e. The molecule has 0 fully saturated rings. The van der Waals surface area contributed by atoms with E-state index in [1.807, 2.05) is 0 Å². The summed E-state index contributed by atoms with van der Waals surface area (Å²) in [5, 5.41) is 3.79. The summed E-state index contributed by atoms with van der Waals surface area (Å²) in [7, 11) is -1.88. The molecule has 0 bridgehead atoms. The lowest BCUT2D eigenvalue weighted by molar-refractivity contribution is -0.944. The fourth-order valence-electron chi connectivity index (χ4n) is 10.9. The minimum absolute atomic E-state index is 0.138. The van der Waals surface area contributed by atoms with Crippen LogP contribution >= 0.6 is 0 Å². The first-order chi connectivity index (χ1) is 29.1. The zero-order chi connectivity index (χ0) is 42.4. The third-order valence-corrected chi connectivity index (χ3v) is 15.4. The monoisotopic (exact) mass is 813 g/mol. The molecule has 0 N–H and O–H groups in total. The van der Waals surface area contributed by atoms with Crippen LogP contribution in [0, 0.1) is 12.3 Å². The Bertz CT molecular complexity index is 3290. The third-order valence-electron chi connectivity index (χ3n) is 13.3. The maximum Gasteiger partial charge on any atom is 0.364 e. The van der Waals surface area contributed by atoms with E-state index in [4.69, 9.17) is 4.42 Å². The predicted molar refractivity (Wildman–Crippen MR) is 255 cm³/mol. The number of fused-ring (bicyclic) bond motifs is 16. The number of hydrogen-bond donors (Lipinski definition) is 0. The molecule has 9 aromatic rings. The number of furan rings is 1. The second-order valence-electron chi connectivity index (χ2n) is 20.9. The highest BCUT2D eigenvalue weighted by Gasteiger charge is 2.67. The van der Waals surface area contributed by atoms with Crippen molar-refractivity contribution in [2.45, 2.75) is 85.6 Å². The third kappa shape index (κ3) is 5.35. The summed E-state index contributed by atoms with van der Waals surface area (Å²) in [5.41, 5.74) is 17.3. The Morgan fingerprint density at radius 2 is 1.43 bits per heavy atom. The van der Waals surface area contributed by atoms with E-state index in [1.165, 1.54) is 72.1 Å². The van der Waals surface area contributed by atoms with E-state index in [9.17, 15) is 0 Å². The van der Waals surface area contributed by atoms with Gasteiger partial charge < -0.3 is 4.42 Å². The highest BCUT2D eigenvalue weighted by Crippen LogP contribution is 2.53. The van der Waals surface area contributed by atoms with Crippen LogP contribution < -0.4 is 14.3 Å². The highest BCUT2D eigenvalue weighted by atomic mass is 28.3. The van der Waals surface area contributed by atoms with Gasteiger partial charge in [0.15, 0.2) is 22.8 Å². The van der Waals surface area contributed by atoms with Gasteiger partial charge in [-0.25, -0.2) is 0 Å². The number of aryl methyl sites for hydroxylation is 1. The van der Waals surface area contributed by atoms with Gasteiger partial charge in [-0.2, -0.15) is 4.57 Å². The minimum atomic E-state index is -1.88. The van der Waals surface area contributed by atoms with E-state index in [1.54, 1.807) is 0 Å². The van der Waals surface area contributed by atoms with Gasteiger partial charge in [-0.1, -0.05) is 152 Å². The number of nitrogens with zero attached hydrogens (tertiary/aromatic N) is 3. The highest BCUT2D eigenvalue weighted by molar-refractivity contribution is 6.89. The molecule has 0 saturated heterocycles. The first-order valence-electron chi connectivity index (χ1n) is 22.0. The number of aromatic nitrogens is 3. The van der Waals surface area contributed by atoms with Crippen LogP contribution in [0.2, 0.25) is 19.6 Å². The second-order valence-corrected chi connectivity index (χ2v) is 26.0. The number of hydrogen-bond acceptors (Lipinski definition) is 1. The molecule has 1 spiro atoms. The molecule has 2 aliphatic rings. The van der Waals surface area contributed by atoms with Crippen LogP contribution in [0.3, 0.4) is 0 Å². The summed E-state index contributed by atoms with van der Waals surface area (Å²) in [6, 6.07) is 50.0. The lowest BCUT2D eigenvalue weighted by Crippen LogP contribution is -2.72. The Kier molecular flexibility index (Phi) is 7.92. The lowest BCUT2D eigenvalue weighted by Gasteiger charge is -2.26. The number of para-hydroxylation sites is 4. The Labute approximate surface area is 360 Å². The topological polar surface area (TPSA) is 25.8 Å². The van der Waals surface area contributed by atoms with Crippen molar-refractivity contribution in [3.63, 3.8) is 0 Å². The van der Waals surface area contributed by atoms with Gasteiger partial charge in [0.05, 0.1) is 24.8 Å². The Balaban J connectivity index is 1.40. The van der Waals surface area contributed by atoms with Crippen LogP contribution in [-0.4, -0.2) is 12.6 Å². The van der Waals surface area contributed by atoms with E-state index in [0.717, 1.165) is 39.7 Å². The van der Waals surface area contributed by atoms with Gasteiger partial charge in [0.25, 0.3) is 0 Å². The van der Waals surface area contributed by atoms with Crippen LogP contribution in [0.4, 0.5) is 0 Å². The van der Waals surface area contributed by atoms with Crippen molar-refractivity contribution in [1.82, 2.24) is 4.57 Å². The van der Waals surface area contributed by atoms with Crippen molar-refractivity contribution in [2.75, 3.05) is 0 Å². The van der Waals surface area contributed by atoms with Crippen molar-refractivity contribution in [2.24, 2.45) is 5.41 Å². The summed E-state index contributed by atoms with van der Waals surface area (Å²) < 4.78 is 15.2. The zero-order valence-electron chi connectivity index (χ0n) is 37.2. The van der Waals surface area contributed by atoms with Gasteiger partial charge >= 0.3 is 11.5 Å². The average molecular weight is 814 g/mol. The van der Waals surface area contributed by atoms with Gasteiger partial charge in [-0.05, 0) is 77.8 Å². The first-order valence-corrected chi connectivity index (χ1v) is 25.5. The molecule has 2 aliphatic heterocycles. The molecule has 1 atom stereocenters. The van der Waals surface area contributed by atoms with Crippen molar-refractivity contribution in [3.8, 4) is 39.5 Å². The summed E-state index contributed by atoms with van der Waals surface area (Å²) in [6.45, 7) is 24.0. The molecule has 3 aromatic heterocycles. The van der Waals surface area contributed by atoms with Crippen molar-refractivity contribution in [1.29, 1.82) is 0 Å². The molecular formula is C56H55N3OSi+2. The standard InChI is InChI=1S/C56H55N3OSi/c1-35-27-28-41-44(31-35)56(57-34-49(61(8,9)10)37(32-47(41)57)33-54(2,3)4)42-30-29-40-39-21-14-17-26-48(39)60-52(40)50(42)53-58(45-24-15-16-25-46(45)59(53)56)51-38(36-19-12-11-13-20-36)22-18-23-43(51)55(5,6)7/h11-32,34H,33H2,1-10H3/q+2. The molecular weight excluding hydrogens is 759 g/mol. The summed E-state index contributed by atoms with van der Waals surface area (Å²) in [6.07, 6.45) is 3.62.